The van der Waals surface area contributed by atoms with Gasteiger partial charge in [0, 0.05) is 12.7 Å². The molecule has 7 heteroatoms. The summed E-state index contributed by atoms with van der Waals surface area (Å²) >= 11 is 0. The Balaban J connectivity index is 2.49. The second kappa shape index (κ2) is 5.81. The molecular formula is C11H11F4NO2. The van der Waals surface area contributed by atoms with Crippen molar-refractivity contribution in [2.75, 3.05) is 25.2 Å². The maximum Gasteiger partial charge on any atom is 0.411 e. The summed E-state index contributed by atoms with van der Waals surface area (Å²) in [5, 5.41) is 0. The molecule has 0 spiro atoms. The molecule has 0 aliphatic rings. The molecule has 0 saturated carbocycles. The van der Waals surface area contributed by atoms with E-state index in [0.29, 0.717) is 5.69 Å². The molecule has 0 heterocycles. The number of likely N-dealkylation sites (N-methyl/N-ethyl adjacent to an activating group) is 1. The number of hydrogen-bond acceptors (Lipinski definition) is 2. The van der Waals surface area contributed by atoms with Crippen molar-refractivity contribution >= 4 is 11.6 Å². The van der Waals surface area contributed by atoms with Gasteiger partial charge in [0.15, 0.2) is 0 Å². The number of nitrogens with zero attached hydrogens (tertiary/aromatic N) is 1. The van der Waals surface area contributed by atoms with E-state index < -0.39 is 31.1 Å². The molecule has 0 bridgehead atoms. The Bertz CT molecular complexity index is 402. The lowest BCUT2D eigenvalue weighted by Gasteiger charge is -2.17. The molecule has 0 N–H and O–H groups in total. The highest BCUT2D eigenvalue weighted by Crippen LogP contribution is 2.15. The Morgan fingerprint density at radius 3 is 2.33 bits per heavy atom. The molecule has 0 saturated heterocycles. The summed E-state index contributed by atoms with van der Waals surface area (Å²) in [7, 11) is 1.37. The molecule has 0 radical (unpaired) electrons. The van der Waals surface area contributed by atoms with Crippen molar-refractivity contribution in [2.45, 2.75) is 6.18 Å². The van der Waals surface area contributed by atoms with Gasteiger partial charge in [-0.15, -0.1) is 0 Å². The highest BCUT2D eigenvalue weighted by Gasteiger charge is 2.28. The lowest BCUT2D eigenvalue weighted by molar-refractivity contribution is -0.175. The number of rotatable bonds is 4. The molecule has 1 aromatic carbocycles. The van der Waals surface area contributed by atoms with E-state index in [1.807, 2.05) is 0 Å². The average molecular weight is 265 g/mol. The maximum absolute atomic E-state index is 12.6. The summed E-state index contributed by atoms with van der Waals surface area (Å²) in [5.74, 6) is -1.11. The minimum absolute atomic E-state index is 0.372. The van der Waals surface area contributed by atoms with E-state index >= 15 is 0 Å². The van der Waals surface area contributed by atoms with Crippen molar-refractivity contribution < 1.29 is 27.1 Å². The molecule has 0 fully saturated rings. The number of benzene rings is 1. The van der Waals surface area contributed by atoms with Crippen LogP contribution < -0.4 is 4.90 Å². The summed E-state index contributed by atoms with van der Waals surface area (Å²) < 4.78 is 52.2. The molecule has 0 atom stereocenters. The van der Waals surface area contributed by atoms with Crippen LogP contribution in [0.4, 0.5) is 23.2 Å². The SMILES string of the molecule is CN(C(=O)COCC(F)(F)F)c1ccc(F)cc1. The third-order valence-corrected chi connectivity index (χ3v) is 2.08. The van der Waals surface area contributed by atoms with E-state index in [1.54, 1.807) is 0 Å². The molecule has 100 valence electrons. The summed E-state index contributed by atoms with van der Waals surface area (Å²) in [6.45, 7) is -2.16. The number of halogens is 4. The zero-order chi connectivity index (χ0) is 13.8. The normalized spacial score (nSPS) is 11.4. The molecule has 0 aliphatic heterocycles. The number of carbonyl (C=O) groups is 1. The molecule has 1 aromatic rings. The molecule has 1 rings (SSSR count). The highest BCUT2D eigenvalue weighted by atomic mass is 19.4. The molecule has 0 unspecified atom stereocenters. The van der Waals surface area contributed by atoms with Gasteiger partial charge in [-0.3, -0.25) is 4.79 Å². The number of alkyl halides is 3. The number of ether oxygens (including phenoxy) is 1. The average Bonchev–Trinajstić information content (AvgIpc) is 2.27. The first-order chi connectivity index (χ1) is 8.29. The van der Waals surface area contributed by atoms with Gasteiger partial charge in [0.05, 0.1) is 0 Å². The van der Waals surface area contributed by atoms with E-state index in [-0.39, 0.29) is 0 Å². The van der Waals surface area contributed by atoms with Gasteiger partial charge in [0.2, 0.25) is 0 Å². The Kier molecular flexibility index (Phi) is 4.66. The van der Waals surface area contributed by atoms with Gasteiger partial charge in [0.1, 0.15) is 19.0 Å². The molecule has 3 nitrogen and oxygen atoms in total. The smallest absolute Gasteiger partial charge is 0.362 e. The fourth-order valence-corrected chi connectivity index (χ4v) is 1.16. The van der Waals surface area contributed by atoms with Crippen LogP contribution in [-0.2, 0) is 9.53 Å². The highest BCUT2D eigenvalue weighted by molar-refractivity contribution is 5.93. The first-order valence-electron chi connectivity index (χ1n) is 4.96. The van der Waals surface area contributed by atoms with Gasteiger partial charge in [-0.2, -0.15) is 13.2 Å². The number of anilines is 1. The van der Waals surface area contributed by atoms with Crippen LogP contribution >= 0.6 is 0 Å². The van der Waals surface area contributed by atoms with Crippen LogP contribution in [0.15, 0.2) is 24.3 Å². The second-order valence-corrected chi connectivity index (χ2v) is 3.54. The van der Waals surface area contributed by atoms with Crippen LogP contribution in [0, 0.1) is 5.82 Å². The lowest BCUT2D eigenvalue weighted by Crippen LogP contribution is -2.31. The van der Waals surface area contributed by atoms with Crippen molar-refractivity contribution in [3.63, 3.8) is 0 Å². The van der Waals surface area contributed by atoms with Crippen LogP contribution in [-0.4, -0.2) is 32.3 Å². The molecule has 1 amide bonds. The fourth-order valence-electron chi connectivity index (χ4n) is 1.16. The van der Waals surface area contributed by atoms with Crippen molar-refractivity contribution in [3.05, 3.63) is 30.1 Å². The third kappa shape index (κ3) is 4.70. The minimum Gasteiger partial charge on any atom is -0.362 e. The van der Waals surface area contributed by atoms with Crippen LogP contribution in [0.25, 0.3) is 0 Å². The van der Waals surface area contributed by atoms with E-state index in [2.05, 4.69) is 4.74 Å². The zero-order valence-electron chi connectivity index (χ0n) is 9.50. The largest absolute Gasteiger partial charge is 0.411 e. The van der Waals surface area contributed by atoms with Crippen LogP contribution in [0.1, 0.15) is 0 Å². The van der Waals surface area contributed by atoms with Crippen LogP contribution in [0.2, 0.25) is 0 Å². The summed E-state index contributed by atoms with van der Waals surface area (Å²) in [5.41, 5.74) is 0.372. The van der Waals surface area contributed by atoms with E-state index in [0.717, 1.165) is 17.0 Å². The molecule has 0 aliphatic carbocycles. The Morgan fingerprint density at radius 1 is 1.28 bits per heavy atom. The van der Waals surface area contributed by atoms with Crippen molar-refractivity contribution in [2.24, 2.45) is 0 Å². The predicted molar refractivity (Wildman–Crippen MR) is 56.7 cm³/mol. The molecule has 18 heavy (non-hydrogen) atoms. The fraction of sp³-hybridized carbons (Fsp3) is 0.364. The van der Waals surface area contributed by atoms with Gasteiger partial charge in [-0.05, 0) is 24.3 Å². The van der Waals surface area contributed by atoms with E-state index in [1.165, 1.54) is 19.2 Å². The van der Waals surface area contributed by atoms with Gasteiger partial charge in [0.25, 0.3) is 5.91 Å². The molecule has 0 aromatic heterocycles. The predicted octanol–water partition coefficient (Wildman–Crippen LogP) is 2.37. The Morgan fingerprint density at radius 2 is 1.83 bits per heavy atom. The topological polar surface area (TPSA) is 29.5 Å². The summed E-state index contributed by atoms with van der Waals surface area (Å²) in [6.07, 6.45) is -4.46. The number of amides is 1. The first-order valence-corrected chi connectivity index (χ1v) is 4.96. The number of hydrogen-bond donors (Lipinski definition) is 0. The monoisotopic (exact) mass is 265 g/mol. The van der Waals surface area contributed by atoms with E-state index in [9.17, 15) is 22.4 Å². The van der Waals surface area contributed by atoms with Crippen LogP contribution in [0.5, 0.6) is 0 Å². The van der Waals surface area contributed by atoms with Gasteiger partial charge >= 0.3 is 6.18 Å². The van der Waals surface area contributed by atoms with Gasteiger partial charge in [-0.1, -0.05) is 0 Å². The lowest BCUT2D eigenvalue weighted by atomic mass is 10.3. The van der Waals surface area contributed by atoms with Gasteiger partial charge in [-0.25, -0.2) is 4.39 Å². The Hall–Kier alpha value is -1.63. The quantitative estimate of drug-likeness (QED) is 0.782. The summed E-state index contributed by atoms with van der Waals surface area (Å²) in [4.78, 5) is 12.5. The standard InChI is InChI=1S/C11H11F4NO2/c1-16(9-4-2-8(12)3-5-9)10(17)6-18-7-11(13,14)15/h2-5H,6-7H2,1H3. The van der Waals surface area contributed by atoms with Gasteiger partial charge < -0.3 is 9.64 Å². The third-order valence-electron chi connectivity index (χ3n) is 2.08. The zero-order valence-corrected chi connectivity index (χ0v) is 9.50. The first kappa shape index (κ1) is 14.4. The van der Waals surface area contributed by atoms with Crippen molar-refractivity contribution in [3.8, 4) is 0 Å². The second-order valence-electron chi connectivity index (χ2n) is 3.54. The van der Waals surface area contributed by atoms with Crippen molar-refractivity contribution in [1.82, 2.24) is 0 Å². The van der Waals surface area contributed by atoms with E-state index in [4.69, 9.17) is 0 Å². The maximum atomic E-state index is 12.6. The van der Waals surface area contributed by atoms with Crippen LogP contribution in [0.3, 0.4) is 0 Å². The molecular weight excluding hydrogens is 254 g/mol. The summed E-state index contributed by atoms with van der Waals surface area (Å²) in [6, 6.07) is 4.99. The number of carbonyl (C=O) groups excluding carboxylic acids is 1. The van der Waals surface area contributed by atoms with Crippen molar-refractivity contribution in [1.29, 1.82) is 0 Å². The Labute approximate surface area is 101 Å². The minimum atomic E-state index is -4.46.